The lowest BCUT2D eigenvalue weighted by atomic mass is 10.1. The van der Waals surface area contributed by atoms with Gasteiger partial charge in [0.05, 0.1) is 12.2 Å². The van der Waals surface area contributed by atoms with Gasteiger partial charge in [-0.3, -0.25) is 9.48 Å². The van der Waals surface area contributed by atoms with Gasteiger partial charge < -0.3 is 19.1 Å². The second kappa shape index (κ2) is 10.3. The zero-order valence-electron chi connectivity index (χ0n) is 19.8. The number of ether oxygens (including phenoxy) is 3. The highest BCUT2D eigenvalue weighted by atomic mass is 16.6. The lowest BCUT2D eigenvalue weighted by molar-refractivity contribution is -0.114. The lowest BCUT2D eigenvalue weighted by Gasteiger charge is -2.25. The van der Waals surface area contributed by atoms with Crippen molar-refractivity contribution in [2.75, 3.05) is 24.7 Å². The molecule has 0 saturated carbocycles. The van der Waals surface area contributed by atoms with E-state index in [0.29, 0.717) is 49.3 Å². The number of para-hydroxylation sites is 1. The molecule has 1 aliphatic heterocycles. The minimum absolute atomic E-state index is 0.169. The molecule has 4 rings (SSSR count). The Labute approximate surface area is 199 Å². The van der Waals surface area contributed by atoms with Gasteiger partial charge in [-0.1, -0.05) is 30.9 Å². The van der Waals surface area contributed by atoms with Crippen LogP contribution >= 0.6 is 0 Å². The van der Waals surface area contributed by atoms with Crippen molar-refractivity contribution < 1.29 is 19.0 Å². The number of rotatable bonds is 8. The van der Waals surface area contributed by atoms with Crippen molar-refractivity contribution in [1.29, 1.82) is 0 Å². The van der Waals surface area contributed by atoms with Crippen LogP contribution in [0.5, 0.6) is 17.2 Å². The van der Waals surface area contributed by atoms with Crippen LogP contribution in [0.2, 0.25) is 0 Å². The number of benzene rings is 2. The maximum absolute atomic E-state index is 13.5. The molecule has 0 unspecified atom stereocenters. The second-order valence-corrected chi connectivity index (χ2v) is 8.00. The van der Waals surface area contributed by atoms with Crippen LogP contribution in [0.3, 0.4) is 0 Å². The van der Waals surface area contributed by atoms with Gasteiger partial charge in [0.15, 0.2) is 11.5 Å². The molecular formula is C27H29N3O4. The average Bonchev–Trinajstić information content (AvgIpc) is 3.10. The first-order chi connectivity index (χ1) is 16.5. The molecule has 0 saturated heterocycles. The number of carbonyl (C=O) groups is 1. The fraction of sp³-hybridized carbons (Fsp3) is 0.259. The van der Waals surface area contributed by atoms with Crippen molar-refractivity contribution in [3.05, 3.63) is 83.7 Å². The first kappa shape index (κ1) is 23.2. The van der Waals surface area contributed by atoms with Gasteiger partial charge in [-0.25, -0.2) is 0 Å². The van der Waals surface area contributed by atoms with Gasteiger partial charge in [0.1, 0.15) is 25.6 Å². The monoisotopic (exact) mass is 459 g/mol. The van der Waals surface area contributed by atoms with Crippen LogP contribution in [0.1, 0.15) is 22.5 Å². The molecule has 0 N–H and O–H groups in total. The van der Waals surface area contributed by atoms with Crippen LogP contribution in [-0.4, -0.2) is 35.5 Å². The summed E-state index contributed by atoms with van der Waals surface area (Å²) in [5.41, 5.74) is 4.40. The fourth-order valence-corrected chi connectivity index (χ4v) is 3.87. The number of nitrogens with zero attached hydrogens (tertiary/aromatic N) is 3. The van der Waals surface area contributed by atoms with Crippen LogP contribution in [0.15, 0.2) is 61.2 Å². The van der Waals surface area contributed by atoms with E-state index < -0.39 is 0 Å². The van der Waals surface area contributed by atoms with Crippen molar-refractivity contribution in [2.45, 2.75) is 20.4 Å². The fourth-order valence-electron chi connectivity index (χ4n) is 3.87. The molecule has 2 heterocycles. The largest absolute Gasteiger partial charge is 0.489 e. The van der Waals surface area contributed by atoms with Gasteiger partial charge in [-0.2, -0.15) is 5.10 Å². The van der Waals surface area contributed by atoms with E-state index in [9.17, 15) is 4.79 Å². The number of anilines is 1. The third kappa shape index (κ3) is 4.98. The smallest absolute Gasteiger partial charge is 0.251 e. The number of aromatic nitrogens is 2. The average molecular weight is 460 g/mol. The SMILES string of the molecule is C=CCOc1ccccc1CN(C(=O)/C=C/c1c(C)nn(C)c1C)c1ccc2c(c1)OCCO2. The van der Waals surface area contributed by atoms with Gasteiger partial charge in [0, 0.05) is 41.7 Å². The Bertz CT molecular complexity index is 1230. The highest BCUT2D eigenvalue weighted by molar-refractivity contribution is 6.04. The van der Waals surface area contributed by atoms with E-state index >= 15 is 0 Å². The number of carbonyl (C=O) groups excluding carboxylic acids is 1. The topological polar surface area (TPSA) is 65.8 Å². The van der Waals surface area contributed by atoms with E-state index in [4.69, 9.17) is 14.2 Å². The standard InChI is InChI=1S/C27H29N3O4/c1-5-14-32-24-9-7-6-8-21(24)18-30(22-10-12-25-26(17-22)34-16-15-33-25)27(31)13-11-23-19(2)28-29(4)20(23)3/h5-13,17H,1,14-16,18H2,2-4H3/b13-11+. The van der Waals surface area contributed by atoms with E-state index in [0.717, 1.165) is 22.5 Å². The van der Waals surface area contributed by atoms with Crippen molar-refractivity contribution in [3.8, 4) is 17.2 Å². The van der Waals surface area contributed by atoms with Crippen LogP contribution in [0.4, 0.5) is 5.69 Å². The Morgan fingerprint density at radius 1 is 1.18 bits per heavy atom. The zero-order valence-corrected chi connectivity index (χ0v) is 19.8. The summed E-state index contributed by atoms with van der Waals surface area (Å²) < 4.78 is 19.0. The summed E-state index contributed by atoms with van der Waals surface area (Å²) in [6.07, 6.45) is 5.11. The van der Waals surface area contributed by atoms with Gasteiger partial charge >= 0.3 is 0 Å². The van der Waals surface area contributed by atoms with E-state index in [-0.39, 0.29) is 5.91 Å². The van der Waals surface area contributed by atoms with Crippen molar-refractivity contribution in [3.63, 3.8) is 0 Å². The predicted octanol–water partition coefficient (Wildman–Crippen LogP) is 4.62. The number of amides is 1. The Morgan fingerprint density at radius 2 is 1.94 bits per heavy atom. The van der Waals surface area contributed by atoms with E-state index in [1.54, 1.807) is 17.1 Å². The molecule has 0 spiro atoms. The molecule has 7 nitrogen and oxygen atoms in total. The Kier molecular flexibility index (Phi) is 7.01. The van der Waals surface area contributed by atoms with Gasteiger partial charge in [-0.05, 0) is 38.1 Å². The quantitative estimate of drug-likeness (QED) is 0.363. The van der Waals surface area contributed by atoms with Gasteiger partial charge in [0.2, 0.25) is 0 Å². The van der Waals surface area contributed by atoms with Crippen LogP contribution in [-0.2, 0) is 18.4 Å². The molecule has 2 aromatic carbocycles. The molecule has 0 atom stereocenters. The first-order valence-corrected chi connectivity index (χ1v) is 11.2. The van der Waals surface area contributed by atoms with Crippen molar-refractivity contribution >= 4 is 17.7 Å². The maximum Gasteiger partial charge on any atom is 0.251 e. The Hall–Kier alpha value is -4.00. The normalized spacial score (nSPS) is 12.6. The van der Waals surface area contributed by atoms with Crippen LogP contribution < -0.4 is 19.1 Å². The summed E-state index contributed by atoms with van der Waals surface area (Å²) >= 11 is 0. The second-order valence-electron chi connectivity index (χ2n) is 8.00. The maximum atomic E-state index is 13.5. The van der Waals surface area contributed by atoms with Crippen molar-refractivity contribution in [1.82, 2.24) is 9.78 Å². The number of hydrogen-bond donors (Lipinski definition) is 0. The molecule has 0 fully saturated rings. The summed E-state index contributed by atoms with van der Waals surface area (Å²) in [6.45, 7) is 9.32. The Morgan fingerprint density at radius 3 is 2.68 bits per heavy atom. The molecule has 0 bridgehead atoms. The highest BCUT2D eigenvalue weighted by Gasteiger charge is 2.20. The van der Waals surface area contributed by atoms with E-state index in [1.165, 1.54) is 0 Å². The molecule has 7 heteroatoms. The highest BCUT2D eigenvalue weighted by Crippen LogP contribution is 2.35. The molecule has 176 valence electrons. The molecule has 1 amide bonds. The number of fused-ring (bicyclic) bond motifs is 1. The zero-order chi connectivity index (χ0) is 24.1. The third-order valence-corrected chi connectivity index (χ3v) is 5.72. The summed E-state index contributed by atoms with van der Waals surface area (Å²) in [7, 11) is 1.89. The van der Waals surface area contributed by atoms with Crippen molar-refractivity contribution in [2.24, 2.45) is 7.05 Å². The summed E-state index contributed by atoms with van der Waals surface area (Å²) in [6, 6.07) is 13.2. The summed E-state index contributed by atoms with van der Waals surface area (Å²) in [5, 5.41) is 4.43. The summed E-state index contributed by atoms with van der Waals surface area (Å²) in [5.74, 6) is 1.84. The van der Waals surface area contributed by atoms with Crippen LogP contribution in [0.25, 0.3) is 6.08 Å². The van der Waals surface area contributed by atoms with Gasteiger partial charge in [-0.15, -0.1) is 0 Å². The molecule has 1 aliphatic rings. The molecule has 1 aromatic heterocycles. The predicted molar refractivity (Wildman–Crippen MR) is 132 cm³/mol. The Balaban J connectivity index is 1.69. The molecule has 0 aliphatic carbocycles. The van der Waals surface area contributed by atoms with E-state index in [2.05, 4.69) is 11.7 Å². The number of hydrogen-bond acceptors (Lipinski definition) is 5. The minimum atomic E-state index is -0.169. The lowest BCUT2D eigenvalue weighted by Crippen LogP contribution is -2.29. The molecular weight excluding hydrogens is 430 g/mol. The minimum Gasteiger partial charge on any atom is -0.489 e. The van der Waals surface area contributed by atoms with Crippen LogP contribution in [0, 0.1) is 13.8 Å². The molecule has 0 radical (unpaired) electrons. The first-order valence-electron chi connectivity index (χ1n) is 11.2. The summed E-state index contributed by atoms with van der Waals surface area (Å²) in [4.78, 5) is 15.2. The number of aryl methyl sites for hydroxylation is 2. The third-order valence-electron chi connectivity index (χ3n) is 5.72. The molecule has 34 heavy (non-hydrogen) atoms. The van der Waals surface area contributed by atoms with E-state index in [1.807, 2.05) is 74.1 Å². The molecule has 3 aromatic rings. The van der Waals surface area contributed by atoms with Gasteiger partial charge in [0.25, 0.3) is 5.91 Å².